The van der Waals surface area contributed by atoms with Gasteiger partial charge in [0.05, 0.1) is 65.5 Å². The number of carbonyl (C=O) groups excluding carboxylic acids is 4. The van der Waals surface area contributed by atoms with Gasteiger partial charge < -0.3 is 50.0 Å². The van der Waals surface area contributed by atoms with Crippen LogP contribution in [0.5, 0.6) is 0 Å². The second kappa shape index (κ2) is 18.2. The number of anilines is 2. The van der Waals surface area contributed by atoms with Gasteiger partial charge in [0.1, 0.15) is 6.54 Å². The van der Waals surface area contributed by atoms with Crippen molar-refractivity contribution >= 4 is 46.7 Å². The number of amides is 3. The number of piperidine rings is 1. The van der Waals surface area contributed by atoms with E-state index in [0.29, 0.717) is 81.3 Å². The van der Waals surface area contributed by atoms with E-state index in [9.17, 15) is 37.5 Å². The molecule has 3 aromatic heterocycles. The van der Waals surface area contributed by atoms with Gasteiger partial charge in [-0.2, -0.15) is 18.3 Å². The van der Waals surface area contributed by atoms with E-state index in [1.165, 1.54) is 48.3 Å². The molecule has 0 saturated carbocycles. The van der Waals surface area contributed by atoms with Crippen molar-refractivity contribution in [1.82, 2.24) is 44.7 Å². The Kier molecular flexibility index (Phi) is 13.0. The topological polar surface area (TPSA) is 194 Å². The molecular weight excluding hydrogens is 821 g/mol. The normalized spacial score (nSPS) is 19.7. The Morgan fingerprint density at radius 2 is 1.67 bits per heavy atom. The first-order valence-corrected chi connectivity index (χ1v) is 20.5. The van der Waals surface area contributed by atoms with Crippen LogP contribution in [0.15, 0.2) is 48.9 Å². The lowest BCUT2D eigenvalue weighted by Crippen LogP contribution is -2.63. The molecule has 3 aliphatic rings. The molecule has 0 bridgehead atoms. The average Bonchev–Trinajstić information content (AvgIpc) is 3.84. The van der Waals surface area contributed by atoms with Crippen LogP contribution < -0.4 is 26.4 Å². The number of hydrogen-bond acceptors (Lipinski definition) is 11. The molecule has 4 N–H and O–H groups in total. The number of piperazine rings is 1. The number of hydrogen-bond donors (Lipinski definition) is 4. The van der Waals surface area contributed by atoms with Crippen molar-refractivity contribution in [3.63, 3.8) is 0 Å². The molecular formula is C40H48ClF3N12O5. The van der Waals surface area contributed by atoms with Gasteiger partial charge in [0.15, 0.2) is 17.3 Å². The number of benzene rings is 1. The van der Waals surface area contributed by atoms with E-state index >= 15 is 0 Å². The first-order chi connectivity index (χ1) is 29.1. The van der Waals surface area contributed by atoms with E-state index in [-0.39, 0.29) is 63.5 Å². The maximum Gasteiger partial charge on any atom is 0.435 e. The van der Waals surface area contributed by atoms with Crippen molar-refractivity contribution < 1.29 is 41.9 Å². The van der Waals surface area contributed by atoms with Crippen molar-refractivity contribution in [1.29, 1.82) is 0 Å². The van der Waals surface area contributed by atoms with E-state index < -0.39 is 23.7 Å². The summed E-state index contributed by atoms with van der Waals surface area (Å²) in [5.41, 5.74) is -0.393. The minimum Gasteiger partial charge on any atom is -0.544 e. The molecule has 7 rings (SSSR count). The summed E-state index contributed by atoms with van der Waals surface area (Å²) < 4.78 is 45.4. The second-order valence-electron chi connectivity index (χ2n) is 15.9. The van der Waals surface area contributed by atoms with Crippen LogP contribution in [0.2, 0.25) is 5.02 Å². The summed E-state index contributed by atoms with van der Waals surface area (Å²) in [6, 6.07) is 7.59. The van der Waals surface area contributed by atoms with Crippen molar-refractivity contribution in [3.8, 4) is 17.1 Å². The Labute approximate surface area is 354 Å². The number of quaternary nitrogens is 1. The van der Waals surface area contributed by atoms with E-state index in [2.05, 4.69) is 36.3 Å². The largest absolute Gasteiger partial charge is 0.544 e. The highest BCUT2D eigenvalue weighted by atomic mass is 35.5. The number of halogens is 4. The number of aromatic nitrogens is 5. The number of carboxylic acid groups (broad SMARTS) is 1. The summed E-state index contributed by atoms with van der Waals surface area (Å²) in [6.07, 6.45) is 0.198. The lowest BCUT2D eigenvalue weighted by molar-refractivity contribution is -0.931. The highest BCUT2D eigenvalue weighted by Crippen LogP contribution is 2.37. The molecule has 3 fully saturated rings. The summed E-state index contributed by atoms with van der Waals surface area (Å²) >= 11 is 6.56. The molecule has 0 radical (unpaired) electrons. The summed E-state index contributed by atoms with van der Waals surface area (Å²) in [5, 5.41) is 27.5. The summed E-state index contributed by atoms with van der Waals surface area (Å²) in [4.78, 5) is 63.8. The van der Waals surface area contributed by atoms with E-state index in [1.54, 1.807) is 15.9 Å². The number of carboxylic acids is 1. The fourth-order valence-electron chi connectivity index (χ4n) is 8.30. The third kappa shape index (κ3) is 9.82. The monoisotopic (exact) mass is 868 g/mol. The first-order valence-electron chi connectivity index (χ1n) is 20.1. The lowest BCUT2D eigenvalue weighted by atomic mass is 9.90. The predicted octanol–water partition coefficient (Wildman–Crippen LogP) is 1.70. The standard InChI is InChI=1S/C40H48ClF3N12O5/c1-45-9-10-47-28-4-6-33(48-20-28)55-22-30(35(51-55)40(42,43)44)32-21-49-36(52(32)2)37(59)50-27-3-5-29(31(41)17-27)39(61)54-13-11-53(12-14-54)38(60)26-7-15-56(16-8-26,24-34(57)58)23-25-18-46-19-25/h3-6,17,20-22,25-26,45-47H,7-16,18-19,23-24H2,1-2H3,(H-,50,57,58,59,61). The highest BCUT2D eigenvalue weighted by Gasteiger charge is 2.42. The zero-order valence-electron chi connectivity index (χ0n) is 33.8. The number of nitrogens with zero attached hydrogens (tertiary/aromatic N) is 8. The van der Waals surface area contributed by atoms with Crippen LogP contribution in [-0.2, 0) is 22.8 Å². The van der Waals surface area contributed by atoms with Crippen LogP contribution in [0.25, 0.3) is 17.1 Å². The van der Waals surface area contributed by atoms with Gasteiger partial charge in [-0.25, -0.2) is 14.6 Å². The molecule has 6 heterocycles. The Morgan fingerprint density at radius 1 is 0.967 bits per heavy atom. The van der Waals surface area contributed by atoms with Gasteiger partial charge in [-0.1, -0.05) is 11.6 Å². The molecule has 1 aromatic carbocycles. The van der Waals surface area contributed by atoms with Gasteiger partial charge in [0.25, 0.3) is 11.8 Å². The average molecular weight is 869 g/mol. The molecule has 0 aliphatic carbocycles. The zero-order valence-corrected chi connectivity index (χ0v) is 34.6. The number of likely N-dealkylation sites (N-methyl/N-ethyl adjacent to an activating group) is 1. The summed E-state index contributed by atoms with van der Waals surface area (Å²) in [6.45, 7) is 6.28. The molecule has 3 aliphatic heterocycles. The number of nitrogens with one attached hydrogen (secondary N) is 4. The van der Waals surface area contributed by atoms with Gasteiger partial charge >= 0.3 is 6.18 Å². The van der Waals surface area contributed by atoms with Crippen LogP contribution in [-0.4, -0.2) is 148 Å². The molecule has 3 amide bonds. The highest BCUT2D eigenvalue weighted by molar-refractivity contribution is 6.34. The molecule has 17 nitrogen and oxygen atoms in total. The minimum absolute atomic E-state index is 0.0134. The summed E-state index contributed by atoms with van der Waals surface area (Å²) in [5.74, 6) is -1.94. The molecule has 0 atom stereocenters. The lowest BCUT2D eigenvalue weighted by Gasteiger charge is -2.47. The first kappa shape index (κ1) is 43.5. The number of likely N-dealkylation sites (tertiary alicyclic amines) is 1. The number of rotatable bonds is 14. The number of imidazole rings is 1. The quantitative estimate of drug-likeness (QED) is 0.107. The summed E-state index contributed by atoms with van der Waals surface area (Å²) in [7, 11) is 3.23. The molecule has 0 unspecified atom stereocenters. The number of carbonyl (C=O) groups is 4. The number of aliphatic carboxylic acids is 1. The second-order valence-corrected chi connectivity index (χ2v) is 16.3. The fraction of sp³-hybridized carbons (Fsp3) is 0.475. The fourth-order valence-corrected chi connectivity index (χ4v) is 8.56. The molecule has 4 aromatic rings. The van der Waals surface area contributed by atoms with E-state index in [4.69, 9.17) is 11.6 Å². The van der Waals surface area contributed by atoms with Crippen molar-refractivity contribution in [3.05, 3.63) is 71.0 Å². The Hall–Kier alpha value is -5.57. The van der Waals surface area contributed by atoms with Crippen molar-refractivity contribution in [2.75, 3.05) is 96.2 Å². The Balaban J connectivity index is 0.951. The van der Waals surface area contributed by atoms with Crippen molar-refractivity contribution in [2.45, 2.75) is 19.0 Å². The van der Waals surface area contributed by atoms with Crippen LogP contribution in [0.4, 0.5) is 24.5 Å². The minimum atomic E-state index is -4.83. The number of pyridine rings is 1. The molecule has 0 spiro atoms. The maximum absolute atomic E-state index is 14.2. The molecule has 21 heteroatoms. The van der Waals surface area contributed by atoms with E-state index in [1.807, 2.05) is 7.05 Å². The van der Waals surface area contributed by atoms with Crippen LogP contribution in [0.3, 0.4) is 0 Å². The Bertz CT molecular complexity index is 2250. The van der Waals surface area contributed by atoms with Crippen LogP contribution in [0, 0.1) is 11.8 Å². The van der Waals surface area contributed by atoms with Crippen LogP contribution in [0.1, 0.15) is 39.5 Å². The van der Waals surface area contributed by atoms with Crippen molar-refractivity contribution in [2.24, 2.45) is 18.9 Å². The zero-order chi connectivity index (χ0) is 43.5. The van der Waals surface area contributed by atoms with Gasteiger partial charge in [-0.3, -0.25) is 14.4 Å². The molecule has 326 valence electrons. The third-order valence-corrected chi connectivity index (χ3v) is 12.0. The third-order valence-electron chi connectivity index (χ3n) is 11.7. The van der Waals surface area contributed by atoms with E-state index in [0.717, 1.165) is 30.5 Å². The molecule has 3 saturated heterocycles. The molecule has 61 heavy (non-hydrogen) atoms. The Morgan fingerprint density at radius 3 is 2.28 bits per heavy atom. The maximum atomic E-state index is 14.2. The van der Waals surface area contributed by atoms with Gasteiger partial charge in [-0.05, 0) is 37.4 Å². The van der Waals surface area contributed by atoms with Gasteiger partial charge in [0.2, 0.25) is 5.91 Å². The predicted molar refractivity (Wildman–Crippen MR) is 217 cm³/mol. The SMILES string of the molecule is CNCCNc1ccc(-n2cc(-c3cnc(C(=O)Nc4ccc(C(=O)N5CCN(C(=O)C6CC[N+](CC(=O)[O-])(CC7CNC7)CC6)CC5)c(Cl)c4)n3C)c(C(F)(F)F)n2)nc1. The van der Waals surface area contributed by atoms with Gasteiger partial charge in [0, 0.05) is 96.0 Å². The number of alkyl halides is 3. The van der Waals surface area contributed by atoms with Gasteiger partial charge in [-0.15, -0.1) is 0 Å². The smallest absolute Gasteiger partial charge is 0.435 e. The van der Waals surface area contributed by atoms with Crippen LogP contribution >= 0.6 is 11.6 Å².